The van der Waals surface area contributed by atoms with Gasteiger partial charge in [-0.2, -0.15) is 0 Å². The Kier molecular flexibility index (Phi) is 5.84. The van der Waals surface area contributed by atoms with Crippen LogP contribution in [0, 0.1) is 5.82 Å². The maximum absolute atomic E-state index is 13.0. The van der Waals surface area contributed by atoms with Crippen LogP contribution in [0.1, 0.15) is 20.7 Å². The summed E-state index contributed by atoms with van der Waals surface area (Å²) in [6.07, 6.45) is 2.82. The number of nitrogens with zero attached hydrogens (tertiary/aromatic N) is 1. The summed E-state index contributed by atoms with van der Waals surface area (Å²) in [6.45, 7) is 0. The molecule has 10 heteroatoms. The minimum atomic E-state index is -4.05. The SMILES string of the molecule is O=C(NNC(=O)c1ccccc1NS(=O)(=O)c1ccc(F)cc1)c1cccnc1. The van der Waals surface area contributed by atoms with Gasteiger partial charge in [-0.3, -0.25) is 30.1 Å². The molecule has 3 aromatic rings. The number of sulfonamides is 1. The monoisotopic (exact) mass is 414 g/mol. The number of aromatic nitrogens is 1. The van der Waals surface area contributed by atoms with Crippen molar-refractivity contribution < 1.29 is 22.4 Å². The van der Waals surface area contributed by atoms with Crippen molar-refractivity contribution in [3.63, 3.8) is 0 Å². The second kappa shape index (κ2) is 8.48. The Bertz CT molecular complexity index is 1140. The third-order valence-electron chi connectivity index (χ3n) is 3.75. The lowest BCUT2D eigenvalue weighted by molar-refractivity contribution is 0.0847. The van der Waals surface area contributed by atoms with Gasteiger partial charge in [0.25, 0.3) is 21.8 Å². The van der Waals surface area contributed by atoms with Crippen molar-refractivity contribution in [2.24, 2.45) is 0 Å². The van der Waals surface area contributed by atoms with Gasteiger partial charge in [0.2, 0.25) is 0 Å². The number of hydrazine groups is 1. The molecule has 3 rings (SSSR count). The first-order chi connectivity index (χ1) is 13.9. The van der Waals surface area contributed by atoms with Crippen molar-refractivity contribution in [1.82, 2.24) is 15.8 Å². The van der Waals surface area contributed by atoms with E-state index in [-0.39, 0.29) is 21.7 Å². The summed E-state index contributed by atoms with van der Waals surface area (Å²) < 4.78 is 40.3. The molecule has 0 atom stereocenters. The van der Waals surface area contributed by atoms with E-state index in [4.69, 9.17) is 0 Å². The van der Waals surface area contributed by atoms with Gasteiger partial charge in [-0.1, -0.05) is 12.1 Å². The topological polar surface area (TPSA) is 117 Å². The maximum atomic E-state index is 13.0. The summed E-state index contributed by atoms with van der Waals surface area (Å²) >= 11 is 0. The molecule has 0 bridgehead atoms. The number of hydrogen-bond acceptors (Lipinski definition) is 5. The van der Waals surface area contributed by atoms with Gasteiger partial charge >= 0.3 is 0 Å². The molecule has 0 saturated heterocycles. The van der Waals surface area contributed by atoms with Crippen LogP contribution in [0.15, 0.2) is 78.0 Å². The van der Waals surface area contributed by atoms with Gasteiger partial charge in [0, 0.05) is 12.4 Å². The van der Waals surface area contributed by atoms with Crippen molar-refractivity contribution in [2.45, 2.75) is 4.90 Å². The molecule has 0 radical (unpaired) electrons. The smallest absolute Gasteiger partial charge is 0.271 e. The normalized spacial score (nSPS) is 10.8. The molecule has 148 valence electrons. The summed E-state index contributed by atoms with van der Waals surface area (Å²) in [7, 11) is -4.05. The van der Waals surface area contributed by atoms with E-state index in [2.05, 4.69) is 20.6 Å². The van der Waals surface area contributed by atoms with Crippen LogP contribution in [0.25, 0.3) is 0 Å². The van der Waals surface area contributed by atoms with E-state index in [1.54, 1.807) is 6.07 Å². The van der Waals surface area contributed by atoms with E-state index >= 15 is 0 Å². The first kappa shape index (κ1) is 20.0. The quantitative estimate of drug-likeness (QED) is 0.553. The number of pyridine rings is 1. The van der Waals surface area contributed by atoms with Crippen molar-refractivity contribution >= 4 is 27.5 Å². The summed E-state index contributed by atoms with van der Waals surface area (Å²) in [4.78, 5) is 28.1. The summed E-state index contributed by atoms with van der Waals surface area (Å²) in [5, 5.41) is 0. The number of rotatable bonds is 5. The van der Waals surface area contributed by atoms with E-state index in [0.29, 0.717) is 0 Å². The molecule has 3 N–H and O–H groups in total. The molecule has 0 aliphatic heterocycles. The van der Waals surface area contributed by atoms with Crippen LogP contribution >= 0.6 is 0 Å². The van der Waals surface area contributed by atoms with E-state index in [0.717, 1.165) is 24.3 Å². The Morgan fingerprint density at radius 1 is 0.862 bits per heavy atom. The summed E-state index contributed by atoms with van der Waals surface area (Å²) in [5.41, 5.74) is 4.65. The molecule has 0 spiro atoms. The number of halogens is 1. The lowest BCUT2D eigenvalue weighted by Crippen LogP contribution is -2.42. The average Bonchev–Trinajstić information content (AvgIpc) is 2.73. The molecule has 1 aromatic heterocycles. The van der Waals surface area contributed by atoms with Gasteiger partial charge in [0.15, 0.2) is 0 Å². The van der Waals surface area contributed by atoms with Crippen molar-refractivity contribution in [2.75, 3.05) is 4.72 Å². The highest BCUT2D eigenvalue weighted by molar-refractivity contribution is 7.92. The fourth-order valence-corrected chi connectivity index (χ4v) is 3.42. The largest absolute Gasteiger partial charge is 0.279 e. The first-order valence-electron chi connectivity index (χ1n) is 8.25. The van der Waals surface area contributed by atoms with Gasteiger partial charge in [-0.25, -0.2) is 12.8 Å². The molecule has 0 saturated carbocycles. The lowest BCUT2D eigenvalue weighted by Gasteiger charge is -2.13. The zero-order valence-corrected chi connectivity index (χ0v) is 15.6. The van der Waals surface area contributed by atoms with Crippen LogP contribution in [0.4, 0.5) is 10.1 Å². The Morgan fingerprint density at radius 3 is 2.24 bits per heavy atom. The molecule has 0 fully saturated rings. The van der Waals surface area contributed by atoms with E-state index in [9.17, 15) is 22.4 Å². The van der Waals surface area contributed by atoms with Gasteiger partial charge in [-0.05, 0) is 48.5 Å². The zero-order chi connectivity index (χ0) is 20.9. The third-order valence-corrected chi connectivity index (χ3v) is 5.13. The third kappa shape index (κ3) is 4.93. The molecule has 29 heavy (non-hydrogen) atoms. The Hall–Kier alpha value is -3.79. The number of hydrogen-bond donors (Lipinski definition) is 3. The molecule has 0 aliphatic rings. The number of amides is 2. The van der Waals surface area contributed by atoms with E-state index < -0.39 is 27.7 Å². The van der Waals surface area contributed by atoms with E-state index in [1.807, 2.05) is 0 Å². The minimum Gasteiger partial charge on any atom is -0.279 e. The first-order valence-corrected chi connectivity index (χ1v) is 9.73. The molecule has 0 unspecified atom stereocenters. The second-order valence-corrected chi connectivity index (χ2v) is 7.44. The van der Waals surface area contributed by atoms with Crippen molar-refractivity contribution in [1.29, 1.82) is 0 Å². The Balaban J connectivity index is 1.75. The van der Waals surface area contributed by atoms with Gasteiger partial charge in [0.1, 0.15) is 5.82 Å². The number of carbonyl (C=O) groups is 2. The average molecular weight is 414 g/mol. The highest BCUT2D eigenvalue weighted by Gasteiger charge is 2.19. The number of nitrogens with one attached hydrogen (secondary N) is 3. The molecular formula is C19H15FN4O4S. The second-order valence-electron chi connectivity index (χ2n) is 5.75. The van der Waals surface area contributed by atoms with Crippen LogP contribution in [-0.2, 0) is 10.0 Å². The number of benzene rings is 2. The molecule has 8 nitrogen and oxygen atoms in total. The zero-order valence-electron chi connectivity index (χ0n) is 14.8. The van der Waals surface area contributed by atoms with Crippen LogP contribution in [-0.4, -0.2) is 25.2 Å². The number of carbonyl (C=O) groups excluding carboxylic acids is 2. The van der Waals surface area contributed by atoms with Crippen molar-refractivity contribution in [3.8, 4) is 0 Å². The van der Waals surface area contributed by atoms with Gasteiger partial charge in [-0.15, -0.1) is 0 Å². The maximum Gasteiger partial charge on any atom is 0.271 e. The predicted octanol–water partition coefficient (Wildman–Crippen LogP) is 2.10. The predicted molar refractivity (Wildman–Crippen MR) is 103 cm³/mol. The van der Waals surface area contributed by atoms with Gasteiger partial charge < -0.3 is 0 Å². The highest BCUT2D eigenvalue weighted by atomic mass is 32.2. The Labute approximate surface area is 165 Å². The highest BCUT2D eigenvalue weighted by Crippen LogP contribution is 2.20. The Morgan fingerprint density at radius 2 is 1.55 bits per heavy atom. The minimum absolute atomic E-state index is 0.00930. The molecule has 1 heterocycles. The lowest BCUT2D eigenvalue weighted by atomic mass is 10.2. The number of para-hydroxylation sites is 1. The summed E-state index contributed by atoms with van der Waals surface area (Å²) in [5.74, 6) is -1.90. The molecule has 2 amide bonds. The van der Waals surface area contributed by atoms with Crippen LogP contribution in [0.3, 0.4) is 0 Å². The van der Waals surface area contributed by atoms with Crippen molar-refractivity contribution in [3.05, 3.63) is 90.0 Å². The molecule has 0 aliphatic carbocycles. The fourth-order valence-electron chi connectivity index (χ4n) is 2.34. The van der Waals surface area contributed by atoms with Gasteiger partial charge in [0.05, 0.1) is 21.7 Å². The van der Waals surface area contributed by atoms with E-state index in [1.165, 1.54) is 42.7 Å². The van der Waals surface area contributed by atoms with Crippen LogP contribution in [0.5, 0.6) is 0 Å². The number of anilines is 1. The molecular weight excluding hydrogens is 399 g/mol. The molecule has 2 aromatic carbocycles. The fraction of sp³-hybridized carbons (Fsp3) is 0. The van der Waals surface area contributed by atoms with Crippen LogP contribution < -0.4 is 15.6 Å². The van der Waals surface area contributed by atoms with Crippen LogP contribution in [0.2, 0.25) is 0 Å². The summed E-state index contributed by atoms with van der Waals surface area (Å²) in [6, 6.07) is 13.2. The standard InChI is InChI=1S/C19H15FN4O4S/c20-14-7-9-15(10-8-14)29(27,28)24-17-6-2-1-5-16(17)19(26)23-22-18(25)13-4-3-11-21-12-13/h1-12,24H,(H,22,25)(H,23,26).